The summed E-state index contributed by atoms with van der Waals surface area (Å²) in [5, 5.41) is 12.8. The molecule has 0 fully saturated rings. The van der Waals surface area contributed by atoms with Crippen molar-refractivity contribution < 1.29 is 14.7 Å². The van der Waals surface area contributed by atoms with Crippen LogP contribution in [0.1, 0.15) is 56.9 Å². The number of hydrogen-bond donors (Lipinski definition) is 1. The molecule has 0 amide bonds. The van der Waals surface area contributed by atoms with E-state index < -0.39 is 11.1 Å². The quantitative estimate of drug-likeness (QED) is 0.332. The average Bonchev–Trinajstić information content (AvgIpc) is 2.86. The van der Waals surface area contributed by atoms with E-state index in [1.54, 1.807) is 0 Å². The monoisotopic (exact) mass is 447 g/mol. The fourth-order valence-corrected chi connectivity index (χ4v) is 4.30. The number of ether oxygens (including phenoxy) is 1. The van der Waals surface area contributed by atoms with Crippen LogP contribution in [-0.2, 0) is 21.7 Å². The third-order valence-corrected chi connectivity index (χ3v) is 6.20. The van der Waals surface area contributed by atoms with Crippen LogP contribution in [0.5, 0.6) is 0 Å². The minimum atomic E-state index is -0.718. The first-order valence-corrected chi connectivity index (χ1v) is 11.7. The fraction of sp³-hybridized carbons (Fsp3) is 0.379. The lowest BCUT2D eigenvalue weighted by atomic mass is 9.84. The van der Waals surface area contributed by atoms with Gasteiger partial charge in [-0.3, -0.25) is 4.84 Å². The molecule has 0 aliphatic carbocycles. The van der Waals surface area contributed by atoms with Crippen LogP contribution in [0.4, 0.5) is 0 Å². The average molecular weight is 448 g/mol. The van der Waals surface area contributed by atoms with Gasteiger partial charge in [0.15, 0.2) is 0 Å². The van der Waals surface area contributed by atoms with Crippen LogP contribution >= 0.6 is 0 Å². The highest BCUT2D eigenvalue weighted by atomic mass is 16.7. The Morgan fingerprint density at radius 1 is 0.848 bits per heavy atom. The molecule has 3 rings (SSSR count). The van der Waals surface area contributed by atoms with Gasteiger partial charge >= 0.3 is 0 Å². The molecular formula is C29H37NO3. The van der Waals surface area contributed by atoms with Gasteiger partial charge < -0.3 is 9.84 Å². The summed E-state index contributed by atoms with van der Waals surface area (Å²) in [6.07, 6.45) is 0.484. The van der Waals surface area contributed by atoms with E-state index in [0.29, 0.717) is 19.6 Å². The SMILES string of the molecule is CCC(CO)(c1ccccc1)N(OC(C)c1ccccc1)C(C)(C)COCc1ccccc1. The maximum atomic E-state index is 10.8. The molecule has 1 N–H and O–H groups in total. The molecule has 0 aromatic heterocycles. The van der Waals surface area contributed by atoms with Crippen molar-refractivity contribution in [1.29, 1.82) is 0 Å². The van der Waals surface area contributed by atoms with E-state index in [4.69, 9.17) is 9.57 Å². The zero-order valence-electron chi connectivity index (χ0n) is 20.3. The fourth-order valence-electron chi connectivity index (χ4n) is 4.30. The van der Waals surface area contributed by atoms with Crippen molar-refractivity contribution in [2.45, 2.75) is 57.9 Å². The molecule has 4 heteroatoms. The summed E-state index contributed by atoms with van der Waals surface area (Å²) in [6, 6.07) is 30.5. The van der Waals surface area contributed by atoms with Crippen LogP contribution in [0.3, 0.4) is 0 Å². The summed E-state index contributed by atoms with van der Waals surface area (Å²) >= 11 is 0. The summed E-state index contributed by atoms with van der Waals surface area (Å²) < 4.78 is 6.17. The number of rotatable bonds is 12. The summed E-state index contributed by atoms with van der Waals surface area (Å²) in [5.41, 5.74) is 1.99. The summed E-state index contributed by atoms with van der Waals surface area (Å²) in [7, 11) is 0. The molecule has 0 spiro atoms. The maximum Gasteiger partial charge on any atom is 0.102 e. The van der Waals surface area contributed by atoms with Crippen molar-refractivity contribution >= 4 is 0 Å². The van der Waals surface area contributed by atoms with Gasteiger partial charge in [-0.05, 0) is 43.9 Å². The molecule has 3 aromatic rings. The first kappa shape index (κ1) is 25.1. The number of hydroxylamine groups is 2. The van der Waals surface area contributed by atoms with Crippen molar-refractivity contribution in [3.05, 3.63) is 108 Å². The number of nitrogens with zero attached hydrogens (tertiary/aromatic N) is 1. The van der Waals surface area contributed by atoms with Gasteiger partial charge in [0.05, 0.1) is 30.9 Å². The maximum absolute atomic E-state index is 10.8. The van der Waals surface area contributed by atoms with Crippen LogP contribution in [0.15, 0.2) is 91.0 Å². The molecule has 2 unspecified atom stereocenters. The lowest BCUT2D eigenvalue weighted by molar-refractivity contribution is -0.316. The second-order valence-electron chi connectivity index (χ2n) is 9.15. The Morgan fingerprint density at radius 2 is 1.39 bits per heavy atom. The molecular weight excluding hydrogens is 410 g/mol. The molecule has 0 saturated heterocycles. The lowest BCUT2D eigenvalue weighted by Crippen LogP contribution is -2.60. The highest BCUT2D eigenvalue weighted by Gasteiger charge is 2.46. The van der Waals surface area contributed by atoms with Gasteiger partial charge in [-0.15, -0.1) is 0 Å². The van der Waals surface area contributed by atoms with Gasteiger partial charge in [-0.2, -0.15) is 5.06 Å². The Balaban J connectivity index is 1.92. The van der Waals surface area contributed by atoms with Gasteiger partial charge in [0.1, 0.15) is 6.10 Å². The van der Waals surface area contributed by atoms with Crippen molar-refractivity contribution in [2.24, 2.45) is 0 Å². The normalized spacial score (nSPS) is 14.7. The smallest absolute Gasteiger partial charge is 0.102 e. The molecule has 33 heavy (non-hydrogen) atoms. The highest BCUT2D eigenvalue weighted by molar-refractivity contribution is 5.25. The van der Waals surface area contributed by atoms with E-state index in [2.05, 4.69) is 57.2 Å². The van der Waals surface area contributed by atoms with Crippen molar-refractivity contribution in [2.75, 3.05) is 13.2 Å². The minimum absolute atomic E-state index is 0.0723. The first-order valence-electron chi connectivity index (χ1n) is 11.7. The molecule has 0 aliphatic rings. The van der Waals surface area contributed by atoms with Crippen molar-refractivity contribution in [3.63, 3.8) is 0 Å². The lowest BCUT2D eigenvalue weighted by Gasteiger charge is -2.50. The van der Waals surface area contributed by atoms with Gasteiger partial charge in [0.2, 0.25) is 0 Å². The van der Waals surface area contributed by atoms with Crippen LogP contribution in [-0.4, -0.2) is 28.9 Å². The van der Waals surface area contributed by atoms with Crippen LogP contribution in [0.2, 0.25) is 0 Å². The Kier molecular flexibility index (Phi) is 8.81. The third kappa shape index (κ3) is 6.10. The van der Waals surface area contributed by atoms with E-state index in [1.165, 1.54) is 0 Å². The summed E-state index contributed by atoms with van der Waals surface area (Å²) in [6.45, 7) is 9.25. The largest absolute Gasteiger partial charge is 0.394 e. The van der Waals surface area contributed by atoms with E-state index in [1.807, 2.05) is 66.6 Å². The van der Waals surface area contributed by atoms with Gasteiger partial charge in [-0.1, -0.05) is 97.9 Å². The summed E-state index contributed by atoms with van der Waals surface area (Å²) in [4.78, 5) is 6.70. The topological polar surface area (TPSA) is 41.9 Å². The van der Waals surface area contributed by atoms with E-state index in [-0.39, 0.29) is 12.7 Å². The van der Waals surface area contributed by atoms with Crippen LogP contribution in [0, 0.1) is 0 Å². The van der Waals surface area contributed by atoms with Crippen molar-refractivity contribution in [3.8, 4) is 0 Å². The van der Waals surface area contributed by atoms with Gasteiger partial charge in [0, 0.05) is 0 Å². The second kappa shape index (κ2) is 11.6. The predicted octanol–water partition coefficient (Wildman–Crippen LogP) is 6.27. The van der Waals surface area contributed by atoms with Crippen LogP contribution < -0.4 is 0 Å². The summed E-state index contributed by atoms with van der Waals surface area (Å²) in [5.74, 6) is 0. The van der Waals surface area contributed by atoms with Crippen LogP contribution in [0.25, 0.3) is 0 Å². The standard InChI is InChI=1S/C29H37NO3/c1-5-29(22-31,27-19-13-8-14-20-27)30(33-24(2)26-17-11-7-12-18-26)28(3,4)23-32-21-25-15-9-6-10-16-25/h6-20,24,31H,5,21-23H2,1-4H3. The van der Waals surface area contributed by atoms with Gasteiger partial charge in [0.25, 0.3) is 0 Å². The van der Waals surface area contributed by atoms with E-state index >= 15 is 0 Å². The van der Waals surface area contributed by atoms with E-state index in [9.17, 15) is 5.11 Å². The minimum Gasteiger partial charge on any atom is -0.394 e. The molecule has 0 aliphatic heterocycles. The highest BCUT2D eigenvalue weighted by Crippen LogP contribution is 2.40. The number of aliphatic hydroxyl groups excluding tert-OH is 1. The molecule has 2 atom stereocenters. The Bertz CT molecular complexity index is 940. The molecule has 4 nitrogen and oxygen atoms in total. The van der Waals surface area contributed by atoms with Gasteiger partial charge in [-0.25, -0.2) is 0 Å². The molecule has 0 saturated carbocycles. The molecule has 0 bridgehead atoms. The first-order chi connectivity index (χ1) is 15.9. The number of aliphatic hydroxyl groups is 1. The van der Waals surface area contributed by atoms with E-state index in [0.717, 1.165) is 16.7 Å². The zero-order valence-corrected chi connectivity index (χ0v) is 20.3. The Morgan fingerprint density at radius 3 is 1.94 bits per heavy atom. The van der Waals surface area contributed by atoms with Crippen molar-refractivity contribution in [1.82, 2.24) is 5.06 Å². The second-order valence-corrected chi connectivity index (χ2v) is 9.15. The molecule has 3 aromatic carbocycles. The number of benzene rings is 3. The molecule has 0 radical (unpaired) electrons. The Labute approximate surface area is 198 Å². The number of hydrogen-bond acceptors (Lipinski definition) is 4. The third-order valence-electron chi connectivity index (χ3n) is 6.20. The predicted molar refractivity (Wildman–Crippen MR) is 133 cm³/mol. The molecule has 176 valence electrons. The zero-order chi connectivity index (χ0) is 23.7. The molecule has 0 heterocycles. The Hall–Kier alpha value is -2.50.